The molecule has 0 aromatic carbocycles. The summed E-state index contributed by atoms with van der Waals surface area (Å²) in [5, 5.41) is 9.04. The highest BCUT2D eigenvalue weighted by atomic mass is 32.2. The fourth-order valence-electron chi connectivity index (χ4n) is 3.47. The summed E-state index contributed by atoms with van der Waals surface area (Å²) < 4.78 is 7.24. The lowest BCUT2D eigenvalue weighted by Gasteiger charge is -2.11. The highest BCUT2D eigenvalue weighted by molar-refractivity contribution is 8.00. The summed E-state index contributed by atoms with van der Waals surface area (Å²) in [6.45, 7) is 8.40. The molecule has 0 amide bonds. The second kappa shape index (κ2) is 8.29. The standard InChI is InChI=1S/C19H26N4O3S/c1-5-26-18(25)15-11(2)16(20-12(15)3)17(24)13(4)27-19-22-21-14-9-7-6-8-10-23(14)19/h13,20H,5-10H2,1-4H3/t13-/m0/s1. The molecular weight excluding hydrogens is 364 g/mol. The van der Waals surface area contributed by atoms with Gasteiger partial charge >= 0.3 is 5.97 Å². The third kappa shape index (κ3) is 3.95. The van der Waals surface area contributed by atoms with Gasteiger partial charge in [-0.1, -0.05) is 18.2 Å². The number of rotatable bonds is 6. The van der Waals surface area contributed by atoms with Crippen molar-refractivity contribution in [3.63, 3.8) is 0 Å². The number of ether oxygens (including phenoxy) is 1. The van der Waals surface area contributed by atoms with Gasteiger partial charge in [0, 0.05) is 18.7 Å². The van der Waals surface area contributed by atoms with Gasteiger partial charge in [-0.05, 0) is 46.1 Å². The molecule has 3 heterocycles. The van der Waals surface area contributed by atoms with E-state index >= 15 is 0 Å². The topological polar surface area (TPSA) is 89.9 Å². The lowest BCUT2D eigenvalue weighted by Crippen LogP contribution is -2.17. The van der Waals surface area contributed by atoms with Crippen molar-refractivity contribution >= 4 is 23.5 Å². The zero-order valence-corrected chi connectivity index (χ0v) is 17.1. The van der Waals surface area contributed by atoms with Crippen LogP contribution in [0.25, 0.3) is 0 Å². The summed E-state index contributed by atoms with van der Waals surface area (Å²) in [4.78, 5) is 28.3. The minimum absolute atomic E-state index is 0.0536. The predicted octanol–water partition coefficient (Wildman–Crippen LogP) is 3.49. The third-order valence-electron chi connectivity index (χ3n) is 4.89. The van der Waals surface area contributed by atoms with E-state index in [-0.39, 0.29) is 11.0 Å². The van der Waals surface area contributed by atoms with Crippen LogP contribution < -0.4 is 0 Å². The fraction of sp³-hybridized carbons (Fsp3) is 0.579. The largest absolute Gasteiger partial charge is 0.462 e. The van der Waals surface area contributed by atoms with Crippen LogP contribution in [0.1, 0.15) is 71.0 Å². The Kier molecular flexibility index (Phi) is 6.04. The van der Waals surface area contributed by atoms with Gasteiger partial charge in [0.1, 0.15) is 5.82 Å². The number of aryl methyl sites for hydroxylation is 2. The minimum Gasteiger partial charge on any atom is -0.462 e. The number of carbonyl (C=O) groups is 2. The first-order valence-corrected chi connectivity index (χ1v) is 10.3. The Morgan fingerprint density at radius 3 is 2.78 bits per heavy atom. The van der Waals surface area contributed by atoms with E-state index in [0.717, 1.165) is 36.8 Å². The molecule has 0 spiro atoms. The number of nitrogens with zero attached hydrogens (tertiary/aromatic N) is 3. The summed E-state index contributed by atoms with van der Waals surface area (Å²) in [5.41, 5.74) is 2.21. The zero-order valence-electron chi connectivity index (χ0n) is 16.3. The van der Waals surface area contributed by atoms with Crippen LogP contribution in [0.2, 0.25) is 0 Å². The number of carbonyl (C=O) groups excluding carboxylic acids is 2. The molecular formula is C19H26N4O3S. The molecule has 27 heavy (non-hydrogen) atoms. The minimum atomic E-state index is -0.397. The highest BCUT2D eigenvalue weighted by Gasteiger charge is 2.27. The van der Waals surface area contributed by atoms with E-state index in [2.05, 4.69) is 19.7 Å². The first kappa shape index (κ1) is 19.7. The van der Waals surface area contributed by atoms with Crippen LogP contribution in [0.5, 0.6) is 0 Å². The number of aromatic amines is 1. The molecule has 0 bridgehead atoms. The number of thioether (sulfide) groups is 1. The van der Waals surface area contributed by atoms with Crippen LogP contribution >= 0.6 is 11.8 Å². The van der Waals surface area contributed by atoms with Gasteiger partial charge in [-0.25, -0.2) is 4.79 Å². The zero-order chi connectivity index (χ0) is 19.6. The van der Waals surface area contributed by atoms with Crippen molar-refractivity contribution < 1.29 is 14.3 Å². The second-order valence-electron chi connectivity index (χ2n) is 6.83. The van der Waals surface area contributed by atoms with Crippen LogP contribution in [0.3, 0.4) is 0 Å². The van der Waals surface area contributed by atoms with Crippen LogP contribution in [0.15, 0.2) is 5.16 Å². The number of aromatic nitrogens is 4. The van der Waals surface area contributed by atoms with Crippen LogP contribution in [-0.2, 0) is 17.7 Å². The quantitative estimate of drug-likeness (QED) is 0.461. The van der Waals surface area contributed by atoms with Crippen LogP contribution in [0.4, 0.5) is 0 Å². The molecule has 0 saturated heterocycles. The summed E-state index contributed by atoms with van der Waals surface area (Å²) in [6, 6.07) is 0. The van der Waals surface area contributed by atoms with Gasteiger partial charge in [0.25, 0.3) is 0 Å². The second-order valence-corrected chi connectivity index (χ2v) is 8.14. The Hall–Kier alpha value is -2.09. The van der Waals surface area contributed by atoms with E-state index in [9.17, 15) is 9.59 Å². The van der Waals surface area contributed by atoms with Crippen molar-refractivity contribution in [2.45, 2.75) is 70.3 Å². The van der Waals surface area contributed by atoms with Crippen molar-refractivity contribution in [1.29, 1.82) is 0 Å². The van der Waals surface area contributed by atoms with E-state index < -0.39 is 5.97 Å². The first-order chi connectivity index (χ1) is 12.9. The molecule has 0 saturated carbocycles. The van der Waals surface area contributed by atoms with E-state index in [0.29, 0.717) is 29.1 Å². The van der Waals surface area contributed by atoms with Crippen LogP contribution in [-0.4, -0.2) is 43.4 Å². The normalized spacial score (nSPS) is 15.1. The number of fused-ring (bicyclic) bond motifs is 1. The SMILES string of the molecule is CCOC(=O)c1c(C)[nH]c(C(=O)[C@H](C)Sc2nnc3n2CCCCC3)c1C. The van der Waals surface area contributed by atoms with Gasteiger partial charge in [0.15, 0.2) is 10.9 Å². The van der Waals surface area contributed by atoms with E-state index in [4.69, 9.17) is 4.74 Å². The van der Waals surface area contributed by atoms with Gasteiger partial charge in [0.05, 0.1) is 23.1 Å². The maximum absolute atomic E-state index is 13.0. The smallest absolute Gasteiger partial charge is 0.340 e. The van der Waals surface area contributed by atoms with Gasteiger partial charge in [-0.15, -0.1) is 10.2 Å². The molecule has 146 valence electrons. The molecule has 0 fully saturated rings. The molecule has 0 unspecified atom stereocenters. The molecule has 0 aliphatic carbocycles. The Balaban J connectivity index is 1.80. The van der Waals surface area contributed by atoms with Crippen molar-refractivity contribution in [2.24, 2.45) is 0 Å². The summed E-state index contributed by atoms with van der Waals surface area (Å²) in [6.07, 6.45) is 4.38. The summed E-state index contributed by atoms with van der Waals surface area (Å²) in [7, 11) is 0. The van der Waals surface area contributed by atoms with Gasteiger partial charge in [0.2, 0.25) is 0 Å². The highest BCUT2D eigenvalue weighted by Crippen LogP contribution is 2.29. The summed E-state index contributed by atoms with van der Waals surface area (Å²) >= 11 is 1.42. The Morgan fingerprint density at radius 2 is 2.04 bits per heavy atom. The van der Waals surface area contributed by atoms with Crippen molar-refractivity contribution in [1.82, 2.24) is 19.7 Å². The number of ketones is 1. The molecule has 8 heteroatoms. The number of H-pyrrole nitrogens is 1. The van der Waals surface area contributed by atoms with E-state index in [1.807, 2.05) is 6.92 Å². The molecule has 0 radical (unpaired) electrons. The average molecular weight is 391 g/mol. The monoisotopic (exact) mass is 390 g/mol. The number of nitrogens with one attached hydrogen (secondary N) is 1. The lowest BCUT2D eigenvalue weighted by atomic mass is 10.1. The maximum atomic E-state index is 13.0. The number of hydrogen-bond donors (Lipinski definition) is 1. The molecule has 3 rings (SSSR count). The third-order valence-corrected chi connectivity index (χ3v) is 5.97. The van der Waals surface area contributed by atoms with Crippen molar-refractivity contribution in [3.8, 4) is 0 Å². The van der Waals surface area contributed by atoms with Crippen molar-refractivity contribution in [2.75, 3.05) is 6.61 Å². The first-order valence-electron chi connectivity index (χ1n) is 9.43. The van der Waals surface area contributed by atoms with Crippen LogP contribution in [0, 0.1) is 13.8 Å². The van der Waals surface area contributed by atoms with E-state index in [1.54, 1.807) is 20.8 Å². The maximum Gasteiger partial charge on any atom is 0.340 e. The molecule has 1 atom stereocenters. The summed E-state index contributed by atoms with van der Waals surface area (Å²) in [5.74, 6) is 0.555. The Labute approximate surface area is 163 Å². The average Bonchev–Trinajstić information content (AvgIpc) is 3.04. The molecule has 2 aromatic rings. The number of esters is 1. The molecule has 7 nitrogen and oxygen atoms in total. The van der Waals surface area contributed by atoms with Gasteiger partial charge in [-0.3, -0.25) is 4.79 Å². The number of Topliss-reactive ketones (excluding diaryl/α,β-unsaturated/α-hetero) is 1. The molecule has 1 N–H and O–H groups in total. The molecule has 1 aliphatic heterocycles. The van der Waals surface area contributed by atoms with Gasteiger partial charge in [-0.2, -0.15) is 0 Å². The van der Waals surface area contributed by atoms with E-state index in [1.165, 1.54) is 18.2 Å². The van der Waals surface area contributed by atoms with Crippen molar-refractivity contribution in [3.05, 3.63) is 28.3 Å². The predicted molar refractivity (Wildman–Crippen MR) is 103 cm³/mol. The Morgan fingerprint density at radius 1 is 1.26 bits per heavy atom. The molecule has 2 aromatic heterocycles. The Bertz CT molecular complexity index is 856. The lowest BCUT2D eigenvalue weighted by molar-refractivity contribution is 0.0525. The van der Waals surface area contributed by atoms with Gasteiger partial charge < -0.3 is 14.3 Å². The number of hydrogen-bond acceptors (Lipinski definition) is 6. The fourth-order valence-corrected chi connectivity index (χ4v) is 4.42. The molecule has 1 aliphatic rings.